The topological polar surface area (TPSA) is 55.1 Å². The summed E-state index contributed by atoms with van der Waals surface area (Å²) in [6.45, 7) is 1.98. The van der Waals surface area contributed by atoms with Gasteiger partial charge in [0.05, 0.1) is 5.69 Å². The van der Waals surface area contributed by atoms with E-state index in [2.05, 4.69) is 37.0 Å². The Morgan fingerprint density at radius 1 is 1.35 bits per heavy atom. The first-order chi connectivity index (χ1) is 7.99. The van der Waals surface area contributed by atoms with Crippen LogP contribution < -0.4 is 0 Å². The molecule has 0 fully saturated rings. The van der Waals surface area contributed by atoms with E-state index < -0.39 is 5.97 Å². The van der Waals surface area contributed by atoms with Gasteiger partial charge in [0, 0.05) is 15.1 Å². The van der Waals surface area contributed by atoms with Crippen molar-refractivity contribution in [2.75, 3.05) is 0 Å². The van der Waals surface area contributed by atoms with E-state index in [1.54, 1.807) is 6.20 Å². The number of carboxylic acid groups (broad SMARTS) is 1. The van der Waals surface area contributed by atoms with Gasteiger partial charge in [-0.05, 0) is 62.5 Å². The summed E-state index contributed by atoms with van der Waals surface area (Å²) in [6.07, 6.45) is 1.61. The van der Waals surface area contributed by atoms with Gasteiger partial charge in [0.1, 0.15) is 0 Å². The normalized spacial score (nSPS) is 10.5. The Labute approximate surface area is 115 Å². The van der Waals surface area contributed by atoms with Gasteiger partial charge < -0.3 is 5.11 Å². The molecule has 1 N–H and O–H groups in total. The summed E-state index contributed by atoms with van der Waals surface area (Å²) in [5.41, 5.74) is 1.89. The molecule has 0 unspecified atom stereocenters. The van der Waals surface area contributed by atoms with Gasteiger partial charge in [-0.3, -0.25) is 0 Å². The number of carboxylic acids is 1. The average molecular weight is 360 g/mol. The molecule has 0 spiro atoms. The van der Waals surface area contributed by atoms with Crippen LogP contribution in [0.2, 0.25) is 0 Å². The van der Waals surface area contributed by atoms with Gasteiger partial charge in [-0.2, -0.15) is 5.10 Å². The molecule has 0 aliphatic rings. The lowest BCUT2D eigenvalue weighted by Gasteiger charge is -2.08. The summed E-state index contributed by atoms with van der Waals surface area (Å²) in [4.78, 5) is 10.8. The highest BCUT2D eigenvalue weighted by Crippen LogP contribution is 2.30. The fraction of sp³-hybridized carbons (Fsp3) is 0.0909. The maximum absolute atomic E-state index is 10.8. The first kappa shape index (κ1) is 12.3. The number of aryl methyl sites for hydroxylation is 1. The number of aromatic carboxylic acids is 1. The summed E-state index contributed by atoms with van der Waals surface area (Å²) in [5, 5.41) is 12.8. The zero-order valence-corrected chi connectivity index (χ0v) is 12.0. The highest BCUT2D eigenvalue weighted by atomic mass is 79.9. The predicted octanol–water partition coefficient (Wildman–Crippen LogP) is 3.40. The van der Waals surface area contributed by atoms with Crippen molar-refractivity contribution in [3.8, 4) is 5.69 Å². The molecule has 0 atom stereocenters. The first-order valence-electron chi connectivity index (χ1n) is 4.74. The average Bonchev–Trinajstić information content (AvgIpc) is 2.65. The molecule has 0 aliphatic carbocycles. The van der Waals surface area contributed by atoms with E-state index >= 15 is 0 Å². The van der Waals surface area contributed by atoms with Gasteiger partial charge in [-0.1, -0.05) is 0 Å². The van der Waals surface area contributed by atoms with E-state index in [9.17, 15) is 4.79 Å². The van der Waals surface area contributed by atoms with Gasteiger partial charge in [0.25, 0.3) is 0 Å². The lowest BCUT2D eigenvalue weighted by molar-refractivity contribution is 0.0690. The predicted molar refractivity (Wildman–Crippen MR) is 70.7 cm³/mol. The van der Waals surface area contributed by atoms with Crippen LogP contribution in [0.5, 0.6) is 0 Å². The van der Waals surface area contributed by atoms with Crippen molar-refractivity contribution in [1.82, 2.24) is 9.78 Å². The Kier molecular flexibility index (Phi) is 3.35. The molecule has 2 rings (SSSR count). The summed E-state index contributed by atoms with van der Waals surface area (Å²) >= 11 is 6.89. The molecule has 1 aromatic heterocycles. The third kappa shape index (κ3) is 2.42. The highest BCUT2D eigenvalue weighted by Gasteiger charge is 2.12. The number of halogens is 2. The zero-order valence-electron chi connectivity index (χ0n) is 8.82. The van der Waals surface area contributed by atoms with Crippen LogP contribution in [0.3, 0.4) is 0 Å². The molecule has 17 heavy (non-hydrogen) atoms. The van der Waals surface area contributed by atoms with E-state index in [-0.39, 0.29) is 5.69 Å². The number of benzene rings is 1. The maximum atomic E-state index is 10.8. The number of nitrogens with zero attached hydrogens (tertiary/aromatic N) is 2. The van der Waals surface area contributed by atoms with Crippen LogP contribution in [-0.2, 0) is 0 Å². The molecule has 1 aromatic carbocycles. The fourth-order valence-corrected chi connectivity index (χ4v) is 3.25. The molecular formula is C11H8Br2N2O2. The molecule has 1 heterocycles. The van der Waals surface area contributed by atoms with Crippen LogP contribution in [0, 0.1) is 6.92 Å². The number of hydrogen-bond donors (Lipinski definition) is 1. The molecule has 2 aromatic rings. The summed E-state index contributed by atoms with van der Waals surface area (Å²) in [5.74, 6) is -1.04. The van der Waals surface area contributed by atoms with E-state index in [1.807, 2.05) is 19.1 Å². The lowest BCUT2D eigenvalue weighted by Crippen LogP contribution is -2.02. The van der Waals surface area contributed by atoms with Crippen molar-refractivity contribution in [2.45, 2.75) is 6.92 Å². The lowest BCUT2D eigenvalue weighted by atomic mass is 10.2. The smallest absolute Gasteiger partial charge is 0.356 e. The standard InChI is InChI=1S/C11H8Br2N2O2/c1-6-4-7(12)10(8(13)5-6)15-3-2-9(14-15)11(16)17/h2-5H,1H3,(H,16,17). The van der Waals surface area contributed by atoms with Crippen LogP contribution in [0.15, 0.2) is 33.3 Å². The van der Waals surface area contributed by atoms with Gasteiger partial charge in [-0.25, -0.2) is 9.48 Å². The molecule has 88 valence electrons. The first-order valence-corrected chi connectivity index (χ1v) is 6.32. The quantitative estimate of drug-likeness (QED) is 0.893. The Morgan fingerprint density at radius 3 is 2.41 bits per heavy atom. The molecule has 0 saturated heterocycles. The fourth-order valence-electron chi connectivity index (χ4n) is 1.47. The molecule has 0 aliphatic heterocycles. The number of carbonyl (C=O) groups is 1. The Bertz CT molecular complexity index is 570. The largest absolute Gasteiger partial charge is 0.476 e. The second kappa shape index (κ2) is 4.62. The van der Waals surface area contributed by atoms with Gasteiger partial charge in [0.15, 0.2) is 5.69 Å². The summed E-state index contributed by atoms with van der Waals surface area (Å²) in [7, 11) is 0. The second-order valence-corrected chi connectivity index (χ2v) is 5.24. The minimum absolute atomic E-state index is 0.0179. The number of rotatable bonds is 2. The van der Waals surface area contributed by atoms with Crippen LogP contribution in [0.4, 0.5) is 0 Å². The molecule has 0 bridgehead atoms. The number of hydrogen-bond acceptors (Lipinski definition) is 2. The van der Waals surface area contributed by atoms with E-state index in [0.717, 1.165) is 20.2 Å². The Morgan fingerprint density at radius 2 is 1.94 bits per heavy atom. The summed E-state index contributed by atoms with van der Waals surface area (Å²) < 4.78 is 3.23. The summed E-state index contributed by atoms with van der Waals surface area (Å²) in [6, 6.07) is 5.35. The number of aromatic nitrogens is 2. The molecule has 0 radical (unpaired) electrons. The SMILES string of the molecule is Cc1cc(Br)c(-n2ccc(C(=O)O)n2)c(Br)c1. The van der Waals surface area contributed by atoms with E-state index in [0.29, 0.717) is 0 Å². The Hall–Kier alpha value is -1.14. The second-order valence-electron chi connectivity index (χ2n) is 3.53. The van der Waals surface area contributed by atoms with Crippen LogP contribution in [0.25, 0.3) is 5.69 Å². The van der Waals surface area contributed by atoms with Crippen molar-refractivity contribution in [1.29, 1.82) is 0 Å². The van der Waals surface area contributed by atoms with Crippen molar-refractivity contribution in [3.63, 3.8) is 0 Å². The van der Waals surface area contributed by atoms with Crippen molar-refractivity contribution < 1.29 is 9.90 Å². The minimum Gasteiger partial charge on any atom is -0.476 e. The van der Waals surface area contributed by atoms with Crippen molar-refractivity contribution in [3.05, 3.63) is 44.6 Å². The van der Waals surface area contributed by atoms with Crippen molar-refractivity contribution in [2.24, 2.45) is 0 Å². The van der Waals surface area contributed by atoms with Crippen LogP contribution in [0.1, 0.15) is 16.1 Å². The highest BCUT2D eigenvalue weighted by molar-refractivity contribution is 9.11. The molecule has 0 saturated carbocycles. The van der Waals surface area contributed by atoms with E-state index in [4.69, 9.17) is 5.11 Å². The third-order valence-corrected chi connectivity index (χ3v) is 3.41. The van der Waals surface area contributed by atoms with Gasteiger partial charge >= 0.3 is 5.97 Å². The van der Waals surface area contributed by atoms with Crippen molar-refractivity contribution >= 4 is 37.8 Å². The zero-order chi connectivity index (χ0) is 12.6. The molecule has 4 nitrogen and oxygen atoms in total. The molecule has 0 amide bonds. The third-order valence-electron chi connectivity index (χ3n) is 2.20. The monoisotopic (exact) mass is 358 g/mol. The Balaban J connectivity index is 2.56. The maximum Gasteiger partial charge on any atom is 0.356 e. The molecular weight excluding hydrogens is 352 g/mol. The van der Waals surface area contributed by atoms with Gasteiger partial charge in [0.2, 0.25) is 0 Å². The van der Waals surface area contributed by atoms with Gasteiger partial charge in [-0.15, -0.1) is 0 Å². The van der Waals surface area contributed by atoms with Crippen LogP contribution in [-0.4, -0.2) is 20.9 Å². The van der Waals surface area contributed by atoms with Crippen LogP contribution >= 0.6 is 31.9 Å². The van der Waals surface area contributed by atoms with E-state index in [1.165, 1.54) is 10.7 Å². The molecule has 6 heteroatoms. The minimum atomic E-state index is -1.04.